The van der Waals surface area contributed by atoms with Crippen molar-refractivity contribution >= 4 is 10.0 Å². The van der Waals surface area contributed by atoms with Gasteiger partial charge in [0.2, 0.25) is 10.0 Å². The molecule has 0 aliphatic carbocycles. The molecule has 2 aliphatic heterocycles. The van der Waals surface area contributed by atoms with Crippen molar-refractivity contribution in [2.45, 2.75) is 25.5 Å². The zero-order chi connectivity index (χ0) is 13.9. The van der Waals surface area contributed by atoms with Gasteiger partial charge in [0.1, 0.15) is 0 Å². The Labute approximate surface area is 116 Å². The molecule has 2 rings (SSSR count). The van der Waals surface area contributed by atoms with Crippen molar-refractivity contribution in [3.63, 3.8) is 0 Å². The van der Waals surface area contributed by atoms with Gasteiger partial charge in [-0.2, -0.15) is 4.31 Å². The van der Waals surface area contributed by atoms with Crippen molar-refractivity contribution in [3.8, 4) is 0 Å². The molecule has 7 heteroatoms. The Kier molecular flexibility index (Phi) is 5.19. The molecular weight excluding hydrogens is 266 g/mol. The Bertz CT molecular complexity index is 382. The number of nitrogens with one attached hydrogen (secondary N) is 1. The Balaban J connectivity index is 1.86. The Hall–Kier alpha value is -0.210. The highest BCUT2D eigenvalue weighted by atomic mass is 32.2. The van der Waals surface area contributed by atoms with Crippen LogP contribution in [-0.4, -0.2) is 81.9 Å². The van der Waals surface area contributed by atoms with Crippen LogP contribution in [0.4, 0.5) is 0 Å². The third kappa shape index (κ3) is 3.88. The molecule has 0 bridgehead atoms. The van der Waals surface area contributed by atoms with Crippen molar-refractivity contribution in [1.29, 1.82) is 0 Å². The molecule has 0 aromatic heterocycles. The highest BCUT2D eigenvalue weighted by molar-refractivity contribution is 7.89. The van der Waals surface area contributed by atoms with Crippen LogP contribution in [0.3, 0.4) is 0 Å². The maximum atomic E-state index is 12.3. The van der Waals surface area contributed by atoms with Crippen LogP contribution in [0.15, 0.2) is 0 Å². The number of sulfonamides is 1. The van der Waals surface area contributed by atoms with Gasteiger partial charge < -0.3 is 10.1 Å². The molecule has 0 aromatic rings. The van der Waals surface area contributed by atoms with E-state index in [1.165, 1.54) is 4.31 Å². The summed E-state index contributed by atoms with van der Waals surface area (Å²) in [4.78, 5) is 2.20. The van der Waals surface area contributed by atoms with Gasteiger partial charge >= 0.3 is 0 Å². The number of rotatable bonds is 5. The van der Waals surface area contributed by atoms with Crippen LogP contribution >= 0.6 is 0 Å². The SMILES string of the molecule is CC1OCCC1N(C)S(=O)(=O)CCN1CCNCC1. The zero-order valence-corrected chi connectivity index (χ0v) is 12.7. The largest absolute Gasteiger partial charge is 0.377 e. The van der Waals surface area contributed by atoms with Gasteiger partial charge in [-0.05, 0) is 13.3 Å². The van der Waals surface area contributed by atoms with Gasteiger partial charge in [0, 0.05) is 46.4 Å². The fourth-order valence-corrected chi connectivity index (χ4v) is 4.19. The van der Waals surface area contributed by atoms with Crippen molar-refractivity contribution in [2.24, 2.45) is 0 Å². The quantitative estimate of drug-likeness (QED) is 0.728. The first kappa shape index (κ1) is 15.2. The van der Waals surface area contributed by atoms with Crippen LogP contribution < -0.4 is 5.32 Å². The highest BCUT2D eigenvalue weighted by Gasteiger charge is 2.34. The lowest BCUT2D eigenvalue weighted by atomic mass is 10.2. The second-order valence-electron chi connectivity index (χ2n) is 5.36. The lowest BCUT2D eigenvalue weighted by Gasteiger charge is -2.29. The monoisotopic (exact) mass is 291 g/mol. The third-order valence-electron chi connectivity index (χ3n) is 4.12. The molecule has 6 nitrogen and oxygen atoms in total. The van der Waals surface area contributed by atoms with Crippen molar-refractivity contribution in [2.75, 3.05) is 52.1 Å². The molecule has 0 spiro atoms. The first-order valence-electron chi connectivity index (χ1n) is 7.01. The van der Waals surface area contributed by atoms with E-state index >= 15 is 0 Å². The average Bonchev–Trinajstić information content (AvgIpc) is 2.83. The van der Waals surface area contributed by atoms with Gasteiger partial charge in [-0.1, -0.05) is 0 Å². The van der Waals surface area contributed by atoms with Crippen LogP contribution in [0.1, 0.15) is 13.3 Å². The van der Waals surface area contributed by atoms with Crippen molar-refractivity contribution in [1.82, 2.24) is 14.5 Å². The number of ether oxygens (including phenoxy) is 1. The molecule has 0 radical (unpaired) electrons. The summed E-state index contributed by atoms with van der Waals surface area (Å²) in [5, 5.41) is 3.27. The molecule has 2 atom stereocenters. The average molecular weight is 291 g/mol. The fourth-order valence-electron chi connectivity index (χ4n) is 2.73. The lowest BCUT2D eigenvalue weighted by Crippen LogP contribution is -2.47. The summed E-state index contributed by atoms with van der Waals surface area (Å²) >= 11 is 0. The van der Waals surface area contributed by atoms with Gasteiger partial charge in [-0.3, -0.25) is 4.90 Å². The van der Waals surface area contributed by atoms with Gasteiger partial charge in [0.05, 0.1) is 17.9 Å². The lowest BCUT2D eigenvalue weighted by molar-refractivity contribution is 0.102. The second-order valence-corrected chi connectivity index (χ2v) is 7.50. The third-order valence-corrected chi connectivity index (χ3v) is 5.96. The first-order chi connectivity index (χ1) is 9.00. The topological polar surface area (TPSA) is 61.9 Å². The van der Waals surface area contributed by atoms with Crippen LogP contribution in [0.25, 0.3) is 0 Å². The van der Waals surface area contributed by atoms with Gasteiger partial charge in [0.25, 0.3) is 0 Å². The van der Waals surface area contributed by atoms with Crippen LogP contribution in [-0.2, 0) is 14.8 Å². The minimum absolute atomic E-state index is 0.000961. The highest BCUT2D eigenvalue weighted by Crippen LogP contribution is 2.20. The minimum atomic E-state index is -3.18. The molecule has 112 valence electrons. The summed E-state index contributed by atoms with van der Waals surface area (Å²) in [5.74, 6) is 0.201. The van der Waals surface area contributed by atoms with E-state index in [9.17, 15) is 8.42 Å². The van der Waals surface area contributed by atoms with E-state index in [4.69, 9.17) is 4.74 Å². The predicted octanol–water partition coefficient (Wildman–Crippen LogP) is -0.669. The van der Waals surface area contributed by atoms with Crippen LogP contribution in [0, 0.1) is 0 Å². The number of piperazine rings is 1. The zero-order valence-electron chi connectivity index (χ0n) is 11.8. The Morgan fingerprint density at radius 1 is 1.37 bits per heavy atom. The van der Waals surface area contributed by atoms with Crippen LogP contribution in [0.2, 0.25) is 0 Å². The van der Waals surface area contributed by atoms with E-state index < -0.39 is 10.0 Å². The van der Waals surface area contributed by atoms with E-state index in [1.54, 1.807) is 7.05 Å². The van der Waals surface area contributed by atoms with Gasteiger partial charge in [0.15, 0.2) is 0 Å². The Morgan fingerprint density at radius 2 is 2.05 bits per heavy atom. The van der Waals surface area contributed by atoms with Crippen molar-refractivity contribution < 1.29 is 13.2 Å². The summed E-state index contributed by atoms with van der Waals surface area (Å²) in [7, 11) is -1.50. The molecule has 0 amide bonds. The summed E-state index contributed by atoms with van der Waals surface area (Å²) in [6, 6.07) is -0.00646. The molecule has 1 N–H and O–H groups in total. The summed E-state index contributed by atoms with van der Waals surface area (Å²) < 4.78 is 31.6. The summed E-state index contributed by atoms with van der Waals surface area (Å²) in [6.45, 7) is 6.98. The number of hydrogen-bond donors (Lipinski definition) is 1. The molecule has 2 fully saturated rings. The minimum Gasteiger partial charge on any atom is -0.377 e. The summed E-state index contributed by atoms with van der Waals surface area (Å²) in [5.41, 5.74) is 0. The van der Waals surface area contributed by atoms with Gasteiger partial charge in [-0.15, -0.1) is 0 Å². The van der Waals surface area contributed by atoms with E-state index in [0.717, 1.165) is 32.6 Å². The predicted molar refractivity (Wildman–Crippen MR) is 74.7 cm³/mol. The molecule has 0 saturated carbocycles. The number of likely N-dealkylation sites (N-methyl/N-ethyl adjacent to an activating group) is 1. The molecule has 2 saturated heterocycles. The second kappa shape index (κ2) is 6.49. The molecule has 2 heterocycles. The summed E-state index contributed by atoms with van der Waals surface area (Å²) in [6.07, 6.45) is 0.795. The van der Waals surface area contributed by atoms with E-state index in [1.807, 2.05) is 6.92 Å². The van der Waals surface area contributed by atoms with E-state index in [-0.39, 0.29) is 17.9 Å². The standard InChI is InChI=1S/C12H25N3O3S/c1-11-12(3-9-18-11)14(2)19(16,17)10-8-15-6-4-13-5-7-15/h11-13H,3-10H2,1-2H3. The fraction of sp³-hybridized carbons (Fsp3) is 1.00. The normalized spacial score (nSPS) is 30.1. The number of nitrogens with zero attached hydrogens (tertiary/aromatic N) is 2. The number of hydrogen-bond acceptors (Lipinski definition) is 5. The molecule has 2 unspecified atom stereocenters. The molecule has 2 aliphatic rings. The smallest absolute Gasteiger partial charge is 0.215 e. The Morgan fingerprint density at radius 3 is 2.63 bits per heavy atom. The van der Waals surface area contributed by atoms with Gasteiger partial charge in [-0.25, -0.2) is 8.42 Å². The maximum Gasteiger partial charge on any atom is 0.215 e. The van der Waals surface area contributed by atoms with Crippen LogP contribution in [0.5, 0.6) is 0 Å². The van der Waals surface area contributed by atoms with Crippen molar-refractivity contribution in [3.05, 3.63) is 0 Å². The molecular formula is C12H25N3O3S. The molecule has 0 aromatic carbocycles. The van der Waals surface area contributed by atoms with E-state index in [0.29, 0.717) is 13.2 Å². The maximum absolute atomic E-state index is 12.3. The molecule has 19 heavy (non-hydrogen) atoms. The van der Waals surface area contributed by atoms with E-state index in [2.05, 4.69) is 10.2 Å². The first-order valence-corrected chi connectivity index (χ1v) is 8.62.